The van der Waals surface area contributed by atoms with E-state index in [0.29, 0.717) is 0 Å². The maximum Gasteiger partial charge on any atom is 0.387 e. The Kier molecular flexibility index (Phi) is 4.19. The van der Waals surface area contributed by atoms with Crippen molar-refractivity contribution in [3.63, 3.8) is 0 Å². The van der Waals surface area contributed by atoms with Gasteiger partial charge in [0, 0.05) is 10.7 Å². The highest BCUT2D eigenvalue weighted by Gasteiger charge is 2.23. The number of nitrogens with zero attached hydrogens (tertiary/aromatic N) is 1. The molecule has 0 aliphatic carbocycles. The van der Waals surface area contributed by atoms with E-state index in [-0.39, 0.29) is 5.56 Å². The van der Waals surface area contributed by atoms with Crippen molar-refractivity contribution in [2.75, 3.05) is 0 Å². The van der Waals surface area contributed by atoms with Crippen LogP contribution in [-0.4, -0.2) is 15.0 Å². The number of thiol groups is 1. The van der Waals surface area contributed by atoms with E-state index < -0.39 is 31.2 Å². The van der Waals surface area contributed by atoms with Gasteiger partial charge < -0.3 is 4.74 Å². The molecule has 0 aliphatic rings. The van der Waals surface area contributed by atoms with Crippen LogP contribution < -0.4 is 4.74 Å². The summed E-state index contributed by atoms with van der Waals surface area (Å²) >= 11 is 3.73. The SMILES string of the molecule is N#Cc1ccc(OC(F)F)c(S)c1S(=O)(=O)Cl. The van der Waals surface area contributed by atoms with Gasteiger partial charge in [0.15, 0.2) is 0 Å². The molecule has 0 aliphatic heterocycles. The van der Waals surface area contributed by atoms with Crippen LogP contribution in [0.4, 0.5) is 8.78 Å². The molecule has 0 unspecified atom stereocenters. The number of ether oxygens (including phenoxy) is 1. The third-order valence-electron chi connectivity index (χ3n) is 1.67. The molecule has 0 bridgehead atoms. The van der Waals surface area contributed by atoms with Crippen LogP contribution in [-0.2, 0) is 9.05 Å². The fraction of sp³-hybridized carbons (Fsp3) is 0.125. The van der Waals surface area contributed by atoms with Gasteiger partial charge in [0.25, 0.3) is 9.05 Å². The number of rotatable bonds is 3. The molecule has 0 saturated carbocycles. The minimum atomic E-state index is -4.29. The molecule has 4 nitrogen and oxygen atoms in total. The maximum atomic E-state index is 12.0. The minimum absolute atomic E-state index is 0.299. The Hall–Kier alpha value is -1.04. The predicted octanol–water partition coefficient (Wildman–Crippen LogP) is 2.38. The summed E-state index contributed by atoms with van der Waals surface area (Å²) in [6.07, 6.45) is 0. The number of hydrogen-bond acceptors (Lipinski definition) is 5. The topological polar surface area (TPSA) is 67.2 Å². The van der Waals surface area contributed by atoms with E-state index in [2.05, 4.69) is 17.4 Å². The average Bonchev–Trinajstić information content (AvgIpc) is 2.18. The predicted molar refractivity (Wildman–Crippen MR) is 58.1 cm³/mol. The first-order valence-corrected chi connectivity index (χ1v) is 6.68. The van der Waals surface area contributed by atoms with Gasteiger partial charge in [-0.2, -0.15) is 14.0 Å². The van der Waals surface area contributed by atoms with Crippen molar-refractivity contribution in [3.05, 3.63) is 17.7 Å². The highest BCUT2D eigenvalue weighted by molar-refractivity contribution is 8.14. The van der Waals surface area contributed by atoms with E-state index in [0.717, 1.165) is 12.1 Å². The van der Waals surface area contributed by atoms with Gasteiger partial charge in [-0.15, -0.1) is 12.6 Å². The number of halogens is 3. The first kappa shape index (κ1) is 14.0. The monoisotopic (exact) mass is 299 g/mol. The van der Waals surface area contributed by atoms with Crippen molar-refractivity contribution >= 4 is 32.4 Å². The van der Waals surface area contributed by atoms with Gasteiger partial charge in [-0.1, -0.05) is 0 Å². The summed E-state index contributed by atoms with van der Waals surface area (Å²) in [5, 5.41) is 8.68. The Morgan fingerprint density at radius 3 is 2.47 bits per heavy atom. The highest BCUT2D eigenvalue weighted by atomic mass is 35.7. The van der Waals surface area contributed by atoms with Gasteiger partial charge >= 0.3 is 6.61 Å². The van der Waals surface area contributed by atoms with E-state index in [1.807, 2.05) is 0 Å². The van der Waals surface area contributed by atoms with Crippen molar-refractivity contribution in [1.82, 2.24) is 0 Å². The molecule has 0 atom stereocenters. The van der Waals surface area contributed by atoms with Gasteiger partial charge in [-0.05, 0) is 12.1 Å². The standard InChI is InChI=1S/C8H4ClF2NO3S2/c9-17(13,14)7-4(3-12)1-2-5(6(7)16)15-8(10)11/h1-2,8,16H. The summed E-state index contributed by atoms with van der Waals surface area (Å²) in [6, 6.07) is 3.59. The van der Waals surface area contributed by atoms with Crippen LogP contribution in [0.15, 0.2) is 21.9 Å². The van der Waals surface area contributed by atoms with Crippen LogP contribution in [0.3, 0.4) is 0 Å². The van der Waals surface area contributed by atoms with E-state index in [4.69, 9.17) is 15.9 Å². The van der Waals surface area contributed by atoms with Crippen molar-refractivity contribution in [1.29, 1.82) is 5.26 Å². The molecule has 0 radical (unpaired) electrons. The molecule has 0 fully saturated rings. The number of nitriles is 1. The van der Waals surface area contributed by atoms with Gasteiger partial charge in [-0.3, -0.25) is 0 Å². The van der Waals surface area contributed by atoms with Crippen LogP contribution in [0.2, 0.25) is 0 Å². The second-order valence-corrected chi connectivity index (χ2v) is 5.67. The lowest BCUT2D eigenvalue weighted by molar-refractivity contribution is -0.0519. The third-order valence-corrected chi connectivity index (χ3v) is 3.64. The summed E-state index contributed by atoms with van der Waals surface area (Å²) < 4.78 is 50.4. The van der Waals surface area contributed by atoms with E-state index in [1.165, 1.54) is 0 Å². The Balaban J connectivity index is 3.51. The molecule has 0 saturated heterocycles. The Morgan fingerprint density at radius 1 is 1.47 bits per heavy atom. The average molecular weight is 300 g/mol. The number of alkyl halides is 2. The molecule has 9 heteroatoms. The second-order valence-electron chi connectivity index (χ2n) is 2.72. The first-order valence-electron chi connectivity index (χ1n) is 3.93. The largest absolute Gasteiger partial charge is 0.434 e. The fourth-order valence-corrected chi connectivity index (χ4v) is 3.04. The van der Waals surface area contributed by atoms with Gasteiger partial charge in [0.05, 0.1) is 10.5 Å². The van der Waals surface area contributed by atoms with E-state index in [9.17, 15) is 17.2 Å². The van der Waals surface area contributed by atoms with Crippen molar-refractivity contribution in [2.45, 2.75) is 16.4 Å². The van der Waals surface area contributed by atoms with Gasteiger partial charge in [0.1, 0.15) is 16.7 Å². The van der Waals surface area contributed by atoms with Gasteiger partial charge in [-0.25, -0.2) is 8.42 Å². The third kappa shape index (κ3) is 3.21. The normalized spacial score (nSPS) is 11.3. The lowest BCUT2D eigenvalue weighted by Gasteiger charge is -2.10. The molecule has 1 rings (SSSR count). The summed E-state index contributed by atoms with van der Waals surface area (Å²) in [6.45, 7) is -3.14. The summed E-state index contributed by atoms with van der Waals surface area (Å²) in [5.74, 6) is -0.471. The molecule has 0 amide bonds. The van der Waals surface area contributed by atoms with Crippen molar-refractivity contribution in [3.8, 4) is 11.8 Å². The Bertz CT molecular complexity index is 583. The van der Waals surface area contributed by atoms with Crippen LogP contribution in [0, 0.1) is 11.3 Å². The molecule has 92 valence electrons. The summed E-state index contributed by atoms with van der Waals surface area (Å²) in [5.41, 5.74) is -0.299. The van der Waals surface area contributed by atoms with Crippen LogP contribution in [0.1, 0.15) is 5.56 Å². The van der Waals surface area contributed by atoms with Crippen LogP contribution >= 0.6 is 23.3 Å². The first-order chi connectivity index (χ1) is 7.77. The highest BCUT2D eigenvalue weighted by Crippen LogP contribution is 2.35. The van der Waals surface area contributed by atoms with E-state index >= 15 is 0 Å². The molecule has 0 spiro atoms. The Morgan fingerprint density at radius 2 is 2.06 bits per heavy atom. The van der Waals surface area contributed by atoms with E-state index in [1.54, 1.807) is 6.07 Å². The summed E-state index contributed by atoms with van der Waals surface area (Å²) in [4.78, 5) is -1.08. The molecule has 0 N–H and O–H groups in total. The molecule has 0 heterocycles. The molecule has 0 aromatic heterocycles. The zero-order valence-corrected chi connectivity index (χ0v) is 10.4. The lowest BCUT2D eigenvalue weighted by atomic mass is 10.2. The van der Waals surface area contributed by atoms with Crippen LogP contribution in [0.25, 0.3) is 0 Å². The zero-order valence-electron chi connectivity index (χ0n) is 7.89. The second kappa shape index (κ2) is 5.08. The zero-order chi connectivity index (χ0) is 13.2. The molecule has 1 aromatic rings. The number of hydrogen-bond donors (Lipinski definition) is 1. The van der Waals surface area contributed by atoms with Crippen LogP contribution in [0.5, 0.6) is 5.75 Å². The fourth-order valence-electron chi connectivity index (χ4n) is 1.08. The molecule has 1 aromatic carbocycles. The van der Waals surface area contributed by atoms with Gasteiger partial charge in [0.2, 0.25) is 0 Å². The lowest BCUT2D eigenvalue weighted by Crippen LogP contribution is -2.05. The Labute approximate surface area is 106 Å². The maximum absolute atomic E-state index is 12.0. The number of benzene rings is 1. The van der Waals surface area contributed by atoms with Crippen molar-refractivity contribution in [2.24, 2.45) is 0 Å². The smallest absolute Gasteiger partial charge is 0.387 e. The quantitative estimate of drug-likeness (QED) is 0.687. The van der Waals surface area contributed by atoms with Crippen molar-refractivity contribution < 1.29 is 21.9 Å². The minimum Gasteiger partial charge on any atom is -0.434 e. The molecule has 17 heavy (non-hydrogen) atoms. The molecular formula is C8H4ClF2NO3S2. The molecular weight excluding hydrogens is 296 g/mol. The summed E-state index contributed by atoms with van der Waals surface area (Å²) in [7, 11) is 0.799.